The molecule has 5 nitrogen and oxygen atoms in total. The molecule has 0 radical (unpaired) electrons. The highest BCUT2D eigenvalue weighted by Gasteiger charge is 2.43. The summed E-state index contributed by atoms with van der Waals surface area (Å²) in [6, 6.07) is 9.96. The van der Waals surface area contributed by atoms with E-state index in [1.807, 2.05) is 6.92 Å². The second kappa shape index (κ2) is 5.16. The number of fused-ring (bicyclic) bond motifs is 1. The van der Waals surface area contributed by atoms with E-state index >= 15 is 0 Å². The van der Waals surface area contributed by atoms with Gasteiger partial charge >= 0.3 is 0 Å². The molecule has 0 fully saturated rings. The van der Waals surface area contributed by atoms with Crippen LogP contribution in [0.1, 0.15) is 29.9 Å². The van der Waals surface area contributed by atoms with Crippen LogP contribution in [0.25, 0.3) is 0 Å². The number of pyridine rings is 1. The number of benzene rings is 1. The van der Waals surface area contributed by atoms with Gasteiger partial charge in [0.2, 0.25) is 0 Å². The topological polar surface area (TPSA) is 67.3 Å². The van der Waals surface area contributed by atoms with E-state index in [1.165, 1.54) is 10.5 Å². The van der Waals surface area contributed by atoms with E-state index in [0.29, 0.717) is 5.69 Å². The molecule has 0 atom stereocenters. The van der Waals surface area contributed by atoms with Gasteiger partial charge < -0.3 is 0 Å². The van der Waals surface area contributed by atoms with Gasteiger partial charge in [0.25, 0.3) is 10.0 Å². The molecule has 1 aliphatic heterocycles. The van der Waals surface area contributed by atoms with E-state index in [1.54, 1.807) is 50.2 Å². The van der Waals surface area contributed by atoms with Gasteiger partial charge in [-0.25, -0.2) is 8.42 Å². The van der Waals surface area contributed by atoms with Gasteiger partial charge in [0.15, 0.2) is 5.78 Å². The summed E-state index contributed by atoms with van der Waals surface area (Å²) in [7, 11) is -3.75. The van der Waals surface area contributed by atoms with Crippen LogP contribution in [0.15, 0.2) is 47.5 Å². The Morgan fingerprint density at radius 1 is 1.13 bits per heavy atom. The Kier molecular flexibility index (Phi) is 3.52. The van der Waals surface area contributed by atoms with Gasteiger partial charge in [-0.2, -0.15) is 0 Å². The molecule has 1 aromatic heterocycles. The third kappa shape index (κ3) is 2.53. The standard InChI is InChI=1S/C17H18N2O3S/c1-12-6-8-13(9-7-12)23(21,22)19-11-17(2,3)16(20)15-14(19)5-4-10-18-15/h4-10H,11H2,1-3H3. The minimum atomic E-state index is -3.75. The molecule has 120 valence electrons. The predicted molar refractivity (Wildman–Crippen MR) is 88.1 cm³/mol. The molecule has 0 N–H and O–H groups in total. The van der Waals surface area contributed by atoms with Crippen molar-refractivity contribution in [2.45, 2.75) is 25.7 Å². The number of anilines is 1. The first kappa shape index (κ1) is 15.7. The molecule has 2 heterocycles. The van der Waals surface area contributed by atoms with E-state index in [4.69, 9.17) is 0 Å². The van der Waals surface area contributed by atoms with Gasteiger partial charge in [-0.05, 0) is 31.2 Å². The van der Waals surface area contributed by atoms with Gasteiger partial charge in [-0.1, -0.05) is 31.5 Å². The van der Waals surface area contributed by atoms with E-state index in [9.17, 15) is 13.2 Å². The average molecular weight is 330 g/mol. The van der Waals surface area contributed by atoms with Gasteiger partial charge in [-0.15, -0.1) is 0 Å². The molecule has 0 amide bonds. The molecular weight excluding hydrogens is 312 g/mol. The molecular formula is C17H18N2O3S. The lowest BCUT2D eigenvalue weighted by molar-refractivity contribution is 0.0834. The number of aryl methyl sites for hydroxylation is 1. The van der Waals surface area contributed by atoms with E-state index in [0.717, 1.165) is 5.56 Å². The first-order valence-electron chi connectivity index (χ1n) is 7.33. The van der Waals surface area contributed by atoms with Crippen LogP contribution in [-0.2, 0) is 10.0 Å². The third-order valence-electron chi connectivity index (χ3n) is 4.03. The molecule has 0 saturated heterocycles. The van der Waals surface area contributed by atoms with Gasteiger partial charge in [-0.3, -0.25) is 14.1 Å². The van der Waals surface area contributed by atoms with Crippen molar-refractivity contribution in [1.82, 2.24) is 4.98 Å². The zero-order valence-corrected chi connectivity index (χ0v) is 14.1. The molecule has 3 rings (SSSR count). The summed E-state index contributed by atoms with van der Waals surface area (Å²) in [5.41, 5.74) is 0.719. The van der Waals surface area contributed by atoms with E-state index < -0.39 is 15.4 Å². The Morgan fingerprint density at radius 3 is 2.43 bits per heavy atom. The fourth-order valence-electron chi connectivity index (χ4n) is 2.66. The number of carbonyl (C=O) groups excluding carboxylic acids is 1. The molecule has 0 bridgehead atoms. The van der Waals surface area contributed by atoms with Crippen LogP contribution >= 0.6 is 0 Å². The van der Waals surface area contributed by atoms with Crippen molar-refractivity contribution in [3.05, 3.63) is 53.9 Å². The minimum Gasteiger partial charge on any atom is -0.292 e. The molecule has 1 aromatic carbocycles. The largest absolute Gasteiger partial charge is 0.292 e. The van der Waals surface area contributed by atoms with Crippen molar-refractivity contribution in [3.8, 4) is 0 Å². The molecule has 6 heteroatoms. The normalized spacial score (nSPS) is 17.0. The number of carbonyl (C=O) groups is 1. The maximum absolute atomic E-state index is 13.0. The van der Waals surface area contributed by atoms with Crippen molar-refractivity contribution < 1.29 is 13.2 Å². The van der Waals surface area contributed by atoms with Gasteiger partial charge in [0, 0.05) is 18.2 Å². The maximum atomic E-state index is 13.0. The summed E-state index contributed by atoms with van der Waals surface area (Å²) >= 11 is 0. The zero-order valence-electron chi connectivity index (χ0n) is 13.3. The lowest BCUT2D eigenvalue weighted by Crippen LogP contribution is -2.47. The second-order valence-electron chi connectivity index (χ2n) is 6.41. The molecule has 0 spiro atoms. The Balaban J connectivity index is 2.17. The Labute approximate surface area is 136 Å². The molecule has 0 aliphatic carbocycles. The van der Waals surface area contributed by atoms with Crippen molar-refractivity contribution in [2.24, 2.45) is 5.41 Å². The van der Waals surface area contributed by atoms with Crippen LogP contribution < -0.4 is 4.31 Å². The summed E-state index contributed by atoms with van der Waals surface area (Å²) in [6.07, 6.45) is 1.51. The molecule has 0 saturated carbocycles. The lowest BCUT2D eigenvalue weighted by Gasteiger charge is -2.37. The molecule has 23 heavy (non-hydrogen) atoms. The molecule has 2 aromatic rings. The van der Waals surface area contributed by atoms with Crippen molar-refractivity contribution >= 4 is 21.5 Å². The fourth-order valence-corrected chi connectivity index (χ4v) is 4.29. The highest BCUT2D eigenvalue weighted by molar-refractivity contribution is 7.92. The monoisotopic (exact) mass is 330 g/mol. The van der Waals surface area contributed by atoms with Crippen molar-refractivity contribution in [3.63, 3.8) is 0 Å². The smallest absolute Gasteiger partial charge is 0.264 e. The maximum Gasteiger partial charge on any atom is 0.264 e. The highest BCUT2D eigenvalue weighted by Crippen LogP contribution is 2.38. The number of rotatable bonds is 2. The average Bonchev–Trinajstić information content (AvgIpc) is 2.51. The number of Topliss-reactive ketones (excluding diaryl/α,β-unsaturated/α-hetero) is 1. The number of ketones is 1. The number of hydrogen-bond acceptors (Lipinski definition) is 4. The second-order valence-corrected chi connectivity index (χ2v) is 8.27. The van der Waals surface area contributed by atoms with Gasteiger partial charge in [0.1, 0.15) is 5.69 Å². The van der Waals surface area contributed by atoms with Crippen LogP contribution in [0.2, 0.25) is 0 Å². The molecule has 0 unspecified atom stereocenters. The number of aromatic nitrogens is 1. The van der Waals surface area contributed by atoms with Crippen LogP contribution in [0, 0.1) is 12.3 Å². The van der Waals surface area contributed by atoms with Gasteiger partial charge in [0.05, 0.1) is 10.6 Å². The number of nitrogens with zero attached hydrogens (tertiary/aromatic N) is 2. The zero-order chi connectivity index (χ0) is 16.8. The Bertz CT molecular complexity index is 871. The number of sulfonamides is 1. The van der Waals surface area contributed by atoms with Crippen molar-refractivity contribution in [2.75, 3.05) is 10.8 Å². The van der Waals surface area contributed by atoms with Crippen LogP contribution in [0.5, 0.6) is 0 Å². The number of hydrogen-bond donors (Lipinski definition) is 0. The predicted octanol–water partition coefficient (Wildman–Crippen LogP) is 2.81. The molecule has 1 aliphatic rings. The Morgan fingerprint density at radius 2 is 1.78 bits per heavy atom. The van der Waals surface area contributed by atoms with E-state index in [2.05, 4.69) is 4.98 Å². The first-order valence-corrected chi connectivity index (χ1v) is 8.77. The fraction of sp³-hybridized carbons (Fsp3) is 0.294. The summed E-state index contributed by atoms with van der Waals surface area (Å²) < 4.78 is 27.4. The quantitative estimate of drug-likeness (QED) is 0.849. The summed E-state index contributed by atoms with van der Waals surface area (Å²) in [4.78, 5) is 16.8. The summed E-state index contributed by atoms with van der Waals surface area (Å²) in [5.74, 6) is -0.136. The van der Waals surface area contributed by atoms with E-state index in [-0.39, 0.29) is 22.9 Å². The van der Waals surface area contributed by atoms with Crippen LogP contribution in [0.4, 0.5) is 5.69 Å². The van der Waals surface area contributed by atoms with Crippen LogP contribution in [-0.4, -0.2) is 25.7 Å². The first-order chi connectivity index (χ1) is 10.7. The minimum absolute atomic E-state index is 0.0980. The van der Waals surface area contributed by atoms with Crippen LogP contribution in [0.3, 0.4) is 0 Å². The van der Waals surface area contributed by atoms with Crippen molar-refractivity contribution in [1.29, 1.82) is 0 Å². The Hall–Kier alpha value is -2.21. The SMILES string of the molecule is Cc1ccc(S(=O)(=O)N2CC(C)(C)C(=O)c3ncccc32)cc1. The third-order valence-corrected chi connectivity index (χ3v) is 5.81. The summed E-state index contributed by atoms with van der Waals surface area (Å²) in [5, 5.41) is 0. The lowest BCUT2D eigenvalue weighted by atomic mass is 9.83. The summed E-state index contributed by atoms with van der Waals surface area (Å²) in [6.45, 7) is 5.48. The highest BCUT2D eigenvalue weighted by atomic mass is 32.2.